The molecule has 0 radical (unpaired) electrons. The van der Waals surface area contributed by atoms with E-state index in [-0.39, 0.29) is 5.91 Å². The summed E-state index contributed by atoms with van der Waals surface area (Å²) in [5, 5.41) is 7.37. The molecule has 0 unspecified atom stereocenters. The van der Waals surface area contributed by atoms with E-state index in [0.29, 0.717) is 23.7 Å². The highest BCUT2D eigenvalue weighted by molar-refractivity contribution is 5.94. The van der Waals surface area contributed by atoms with Crippen LogP contribution in [0.15, 0.2) is 59.2 Å². The number of carbonyl (C=O) groups is 1. The molecule has 0 aliphatic rings. The second kappa shape index (κ2) is 6.33. The van der Waals surface area contributed by atoms with Gasteiger partial charge in [0.1, 0.15) is 11.4 Å². The van der Waals surface area contributed by atoms with Crippen LogP contribution in [-0.4, -0.2) is 27.8 Å². The Morgan fingerprint density at radius 2 is 2.00 bits per heavy atom. The first-order valence-electron chi connectivity index (χ1n) is 7.70. The fourth-order valence-electron chi connectivity index (χ4n) is 2.25. The number of benzene rings is 1. The van der Waals surface area contributed by atoms with Gasteiger partial charge in [0.05, 0.1) is 12.0 Å². The zero-order valence-corrected chi connectivity index (χ0v) is 13.7. The van der Waals surface area contributed by atoms with Gasteiger partial charge >= 0.3 is 0 Å². The van der Waals surface area contributed by atoms with Crippen LogP contribution < -0.4 is 11.1 Å². The SMILES string of the molecule is CC(C)(N)CNC(=O)c1cc(-c2ccco2)nn1-c1ccccc1. The summed E-state index contributed by atoms with van der Waals surface area (Å²) in [6.45, 7) is 4.08. The summed E-state index contributed by atoms with van der Waals surface area (Å²) in [6.07, 6.45) is 1.58. The number of nitrogens with zero attached hydrogens (tertiary/aromatic N) is 2. The Morgan fingerprint density at radius 1 is 1.25 bits per heavy atom. The lowest BCUT2D eigenvalue weighted by atomic mass is 10.1. The first-order chi connectivity index (χ1) is 11.4. The Labute approximate surface area is 140 Å². The van der Waals surface area contributed by atoms with Crippen molar-refractivity contribution in [2.24, 2.45) is 5.73 Å². The van der Waals surface area contributed by atoms with Gasteiger partial charge in [-0.2, -0.15) is 5.10 Å². The number of rotatable bonds is 5. The van der Waals surface area contributed by atoms with Crippen molar-refractivity contribution in [3.8, 4) is 17.1 Å². The van der Waals surface area contributed by atoms with Crippen LogP contribution in [0.3, 0.4) is 0 Å². The predicted molar refractivity (Wildman–Crippen MR) is 91.9 cm³/mol. The summed E-state index contributed by atoms with van der Waals surface area (Å²) in [4.78, 5) is 12.6. The van der Waals surface area contributed by atoms with Gasteiger partial charge < -0.3 is 15.5 Å². The quantitative estimate of drug-likeness (QED) is 0.755. The van der Waals surface area contributed by atoms with Gasteiger partial charge in [0, 0.05) is 18.2 Å². The molecule has 0 bridgehead atoms. The molecule has 124 valence electrons. The van der Waals surface area contributed by atoms with Gasteiger partial charge in [-0.3, -0.25) is 4.79 Å². The van der Waals surface area contributed by atoms with Crippen molar-refractivity contribution in [2.45, 2.75) is 19.4 Å². The molecule has 6 heteroatoms. The van der Waals surface area contributed by atoms with Gasteiger partial charge in [-0.25, -0.2) is 4.68 Å². The molecule has 6 nitrogen and oxygen atoms in total. The molecule has 1 aromatic carbocycles. The number of amides is 1. The minimum absolute atomic E-state index is 0.234. The topological polar surface area (TPSA) is 86.1 Å². The molecule has 0 aliphatic heterocycles. The summed E-state index contributed by atoms with van der Waals surface area (Å²) in [5.74, 6) is 0.376. The highest BCUT2D eigenvalue weighted by Gasteiger charge is 2.20. The third-order valence-electron chi connectivity index (χ3n) is 3.42. The number of hydrogen-bond acceptors (Lipinski definition) is 4. The van der Waals surface area contributed by atoms with Crippen molar-refractivity contribution in [1.29, 1.82) is 0 Å². The summed E-state index contributed by atoms with van der Waals surface area (Å²) in [6, 6.07) is 14.8. The standard InChI is InChI=1S/C18H20N4O2/c1-18(2,19)12-20-17(23)15-11-14(16-9-6-10-24-16)21-22(15)13-7-4-3-5-8-13/h3-11H,12,19H2,1-2H3,(H,20,23). The molecular weight excluding hydrogens is 304 g/mol. The second-order valence-electron chi connectivity index (χ2n) is 6.31. The molecule has 0 fully saturated rings. The van der Waals surface area contributed by atoms with Crippen LogP contribution in [0.4, 0.5) is 0 Å². The maximum atomic E-state index is 12.6. The van der Waals surface area contributed by atoms with E-state index in [4.69, 9.17) is 10.2 Å². The van der Waals surface area contributed by atoms with Crippen LogP contribution in [0.2, 0.25) is 0 Å². The summed E-state index contributed by atoms with van der Waals surface area (Å²) in [7, 11) is 0. The van der Waals surface area contributed by atoms with E-state index < -0.39 is 5.54 Å². The number of para-hydroxylation sites is 1. The molecule has 2 heterocycles. The van der Waals surface area contributed by atoms with Crippen molar-refractivity contribution in [2.75, 3.05) is 6.54 Å². The van der Waals surface area contributed by atoms with E-state index in [1.165, 1.54) is 0 Å². The number of hydrogen-bond donors (Lipinski definition) is 2. The Hall–Kier alpha value is -2.86. The summed E-state index contributed by atoms with van der Waals surface area (Å²) in [5.41, 5.74) is 7.28. The van der Waals surface area contributed by atoms with Gasteiger partial charge in [-0.15, -0.1) is 0 Å². The summed E-state index contributed by atoms with van der Waals surface area (Å²) < 4.78 is 7.00. The molecule has 2 aromatic heterocycles. The summed E-state index contributed by atoms with van der Waals surface area (Å²) >= 11 is 0. The molecule has 3 rings (SSSR count). The monoisotopic (exact) mass is 324 g/mol. The van der Waals surface area contributed by atoms with Crippen LogP contribution in [0.1, 0.15) is 24.3 Å². The number of furan rings is 1. The van der Waals surface area contributed by atoms with E-state index in [1.54, 1.807) is 23.1 Å². The average molecular weight is 324 g/mol. The van der Waals surface area contributed by atoms with Gasteiger partial charge in [0.2, 0.25) is 0 Å². The smallest absolute Gasteiger partial charge is 0.270 e. The minimum Gasteiger partial charge on any atom is -0.463 e. The van der Waals surface area contributed by atoms with E-state index in [1.807, 2.05) is 50.2 Å². The maximum Gasteiger partial charge on any atom is 0.270 e. The van der Waals surface area contributed by atoms with Gasteiger partial charge in [0.15, 0.2) is 5.76 Å². The van der Waals surface area contributed by atoms with Crippen molar-refractivity contribution >= 4 is 5.91 Å². The number of nitrogens with one attached hydrogen (secondary N) is 1. The first kappa shape index (κ1) is 16.0. The number of aromatic nitrogens is 2. The molecule has 0 saturated heterocycles. The number of nitrogens with two attached hydrogens (primary N) is 1. The molecule has 3 aromatic rings. The van der Waals surface area contributed by atoms with E-state index >= 15 is 0 Å². The molecule has 0 spiro atoms. The lowest BCUT2D eigenvalue weighted by Crippen LogP contribution is -2.45. The lowest BCUT2D eigenvalue weighted by molar-refractivity contribution is 0.0938. The fourth-order valence-corrected chi connectivity index (χ4v) is 2.25. The minimum atomic E-state index is -0.489. The van der Waals surface area contributed by atoms with E-state index in [0.717, 1.165) is 5.69 Å². The molecule has 0 aliphatic carbocycles. The Morgan fingerprint density at radius 3 is 2.62 bits per heavy atom. The van der Waals surface area contributed by atoms with Crippen molar-refractivity contribution in [3.05, 3.63) is 60.5 Å². The molecular formula is C18H20N4O2. The Bertz CT molecular complexity index is 815. The van der Waals surface area contributed by atoms with Gasteiger partial charge in [-0.05, 0) is 38.1 Å². The first-order valence-corrected chi connectivity index (χ1v) is 7.70. The van der Waals surface area contributed by atoms with Crippen LogP contribution in [-0.2, 0) is 0 Å². The van der Waals surface area contributed by atoms with Gasteiger partial charge in [0.25, 0.3) is 5.91 Å². The second-order valence-corrected chi connectivity index (χ2v) is 6.31. The van der Waals surface area contributed by atoms with Crippen molar-refractivity contribution < 1.29 is 9.21 Å². The van der Waals surface area contributed by atoms with Crippen LogP contribution in [0.25, 0.3) is 17.1 Å². The van der Waals surface area contributed by atoms with Crippen LogP contribution in [0, 0.1) is 0 Å². The predicted octanol–water partition coefficient (Wildman–Crippen LogP) is 2.60. The maximum absolute atomic E-state index is 12.6. The highest BCUT2D eigenvalue weighted by Crippen LogP contribution is 2.22. The Kier molecular flexibility index (Phi) is 4.22. The van der Waals surface area contributed by atoms with E-state index in [9.17, 15) is 4.79 Å². The van der Waals surface area contributed by atoms with Crippen LogP contribution in [0.5, 0.6) is 0 Å². The zero-order valence-electron chi connectivity index (χ0n) is 13.7. The third-order valence-corrected chi connectivity index (χ3v) is 3.42. The van der Waals surface area contributed by atoms with E-state index in [2.05, 4.69) is 10.4 Å². The molecule has 24 heavy (non-hydrogen) atoms. The average Bonchev–Trinajstić information content (AvgIpc) is 3.21. The number of carbonyl (C=O) groups excluding carboxylic acids is 1. The molecule has 3 N–H and O–H groups in total. The normalized spacial score (nSPS) is 11.5. The zero-order chi connectivity index (χ0) is 17.2. The largest absolute Gasteiger partial charge is 0.463 e. The fraction of sp³-hybridized carbons (Fsp3) is 0.222. The molecule has 1 amide bonds. The third kappa shape index (κ3) is 3.55. The lowest BCUT2D eigenvalue weighted by Gasteiger charge is -2.19. The molecule has 0 atom stereocenters. The Balaban J connectivity index is 1.98. The van der Waals surface area contributed by atoms with Gasteiger partial charge in [-0.1, -0.05) is 18.2 Å². The highest BCUT2D eigenvalue weighted by atomic mass is 16.3. The van der Waals surface area contributed by atoms with Crippen molar-refractivity contribution in [1.82, 2.24) is 15.1 Å². The molecule has 0 saturated carbocycles. The van der Waals surface area contributed by atoms with Crippen LogP contribution >= 0.6 is 0 Å². The van der Waals surface area contributed by atoms with Crippen molar-refractivity contribution in [3.63, 3.8) is 0 Å².